The fourth-order valence-electron chi connectivity index (χ4n) is 3.08. The molecule has 0 unspecified atom stereocenters. The SMILES string of the molecule is Cn1nc(C(=O)N/N=C\c2ccc(OCc3ccccc3)cc2)c2ccccc2c1=O. The minimum atomic E-state index is -0.495. The van der Waals surface area contributed by atoms with E-state index in [9.17, 15) is 9.59 Å². The van der Waals surface area contributed by atoms with Crippen LogP contribution in [-0.4, -0.2) is 21.9 Å². The third kappa shape index (κ3) is 4.67. The van der Waals surface area contributed by atoms with Crippen LogP contribution in [0.1, 0.15) is 21.6 Å². The van der Waals surface area contributed by atoms with Gasteiger partial charge in [0.05, 0.1) is 11.6 Å². The number of aryl methyl sites for hydroxylation is 1. The molecule has 0 atom stereocenters. The number of hydrogen-bond acceptors (Lipinski definition) is 5. The van der Waals surface area contributed by atoms with Crippen LogP contribution < -0.4 is 15.7 Å². The van der Waals surface area contributed by atoms with Crippen molar-refractivity contribution in [3.05, 3.63) is 106 Å². The molecular formula is C24H20N4O3. The Morgan fingerprint density at radius 1 is 1.00 bits per heavy atom. The highest BCUT2D eigenvalue weighted by Crippen LogP contribution is 2.14. The second-order valence-corrected chi connectivity index (χ2v) is 6.87. The molecule has 7 heteroatoms. The highest BCUT2D eigenvalue weighted by Gasteiger charge is 2.14. The molecule has 1 amide bonds. The molecule has 0 aliphatic heterocycles. The number of ether oxygens (including phenoxy) is 1. The maximum absolute atomic E-state index is 12.6. The molecule has 0 bridgehead atoms. The quantitative estimate of drug-likeness (QED) is 0.389. The molecule has 0 aliphatic carbocycles. The fraction of sp³-hybridized carbons (Fsp3) is 0.0833. The average molecular weight is 412 g/mol. The Labute approximate surface area is 178 Å². The molecule has 1 aromatic heterocycles. The summed E-state index contributed by atoms with van der Waals surface area (Å²) in [6.45, 7) is 0.491. The minimum Gasteiger partial charge on any atom is -0.489 e. The van der Waals surface area contributed by atoms with Gasteiger partial charge in [-0.1, -0.05) is 48.5 Å². The summed E-state index contributed by atoms with van der Waals surface area (Å²) >= 11 is 0. The van der Waals surface area contributed by atoms with Crippen molar-refractivity contribution in [2.45, 2.75) is 6.61 Å². The molecule has 154 valence electrons. The first-order valence-electron chi connectivity index (χ1n) is 9.68. The molecule has 4 aromatic rings. The molecule has 0 spiro atoms. The number of hydrogen-bond donors (Lipinski definition) is 1. The molecular weight excluding hydrogens is 392 g/mol. The Hall–Kier alpha value is -4.26. The second-order valence-electron chi connectivity index (χ2n) is 6.87. The standard InChI is InChI=1S/C24H20N4O3/c1-28-24(30)21-10-6-5-9-20(21)22(27-28)23(29)26-25-15-17-11-13-19(14-12-17)31-16-18-7-3-2-4-8-18/h2-15H,16H2,1H3,(H,26,29)/b25-15-. The summed E-state index contributed by atoms with van der Waals surface area (Å²) in [4.78, 5) is 24.7. The largest absolute Gasteiger partial charge is 0.489 e. The summed E-state index contributed by atoms with van der Waals surface area (Å²) in [6, 6.07) is 24.2. The number of carbonyl (C=O) groups excluding carboxylic acids is 1. The van der Waals surface area contributed by atoms with Gasteiger partial charge in [0.25, 0.3) is 11.5 Å². The Morgan fingerprint density at radius 2 is 1.68 bits per heavy atom. The molecule has 3 aromatic carbocycles. The summed E-state index contributed by atoms with van der Waals surface area (Å²) < 4.78 is 6.91. The number of benzene rings is 3. The lowest BCUT2D eigenvalue weighted by molar-refractivity contribution is 0.0950. The number of nitrogens with zero attached hydrogens (tertiary/aromatic N) is 3. The fourth-order valence-corrected chi connectivity index (χ4v) is 3.08. The van der Waals surface area contributed by atoms with Crippen molar-refractivity contribution in [1.82, 2.24) is 15.2 Å². The van der Waals surface area contributed by atoms with Crippen LogP contribution in [0.2, 0.25) is 0 Å². The van der Waals surface area contributed by atoms with E-state index in [4.69, 9.17) is 4.74 Å². The van der Waals surface area contributed by atoms with Gasteiger partial charge >= 0.3 is 0 Å². The van der Waals surface area contributed by atoms with Gasteiger partial charge in [-0.15, -0.1) is 0 Å². The van der Waals surface area contributed by atoms with E-state index < -0.39 is 5.91 Å². The van der Waals surface area contributed by atoms with Crippen LogP contribution in [0.5, 0.6) is 5.75 Å². The van der Waals surface area contributed by atoms with Crippen LogP contribution in [-0.2, 0) is 13.7 Å². The van der Waals surface area contributed by atoms with Crippen LogP contribution in [0.4, 0.5) is 0 Å². The van der Waals surface area contributed by atoms with Gasteiger partial charge in [0.1, 0.15) is 12.4 Å². The molecule has 31 heavy (non-hydrogen) atoms. The number of aromatic nitrogens is 2. The van der Waals surface area contributed by atoms with Crippen molar-refractivity contribution in [3.8, 4) is 5.75 Å². The van der Waals surface area contributed by atoms with E-state index in [1.54, 1.807) is 24.3 Å². The molecule has 1 heterocycles. The number of fused-ring (bicyclic) bond motifs is 1. The van der Waals surface area contributed by atoms with Gasteiger partial charge in [0.15, 0.2) is 5.69 Å². The highest BCUT2D eigenvalue weighted by atomic mass is 16.5. The number of amides is 1. The van der Waals surface area contributed by atoms with Crippen LogP contribution in [0.25, 0.3) is 10.8 Å². The Kier molecular flexibility index (Phi) is 5.84. The van der Waals surface area contributed by atoms with E-state index in [1.807, 2.05) is 54.6 Å². The smallest absolute Gasteiger partial charge is 0.292 e. The second kappa shape index (κ2) is 9.04. The van der Waals surface area contributed by atoms with E-state index in [2.05, 4.69) is 15.6 Å². The third-order valence-corrected chi connectivity index (χ3v) is 4.68. The summed E-state index contributed by atoms with van der Waals surface area (Å²) in [5.74, 6) is 0.247. The normalized spacial score (nSPS) is 11.0. The maximum atomic E-state index is 12.6. The Balaban J connectivity index is 1.41. The molecule has 0 radical (unpaired) electrons. The van der Waals surface area contributed by atoms with E-state index in [-0.39, 0.29) is 11.3 Å². The molecule has 0 aliphatic rings. The summed E-state index contributed by atoms with van der Waals surface area (Å²) in [7, 11) is 1.51. The lowest BCUT2D eigenvalue weighted by atomic mass is 10.1. The van der Waals surface area contributed by atoms with Gasteiger partial charge in [-0.2, -0.15) is 10.2 Å². The van der Waals surface area contributed by atoms with Gasteiger partial charge in [0, 0.05) is 12.4 Å². The lowest BCUT2D eigenvalue weighted by Crippen LogP contribution is -2.27. The van der Waals surface area contributed by atoms with Crippen molar-refractivity contribution in [2.24, 2.45) is 12.1 Å². The summed E-state index contributed by atoms with van der Waals surface area (Å²) in [5.41, 5.74) is 4.24. The first-order valence-corrected chi connectivity index (χ1v) is 9.68. The molecule has 4 rings (SSSR count). The van der Waals surface area contributed by atoms with Gasteiger partial charge in [-0.05, 0) is 41.5 Å². The topological polar surface area (TPSA) is 85.6 Å². The highest BCUT2D eigenvalue weighted by molar-refractivity contribution is 6.04. The van der Waals surface area contributed by atoms with Crippen molar-refractivity contribution in [1.29, 1.82) is 0 Å². The van der Waals surface area contributed by atoms with Gasteiger partial charge in [-0.25, -0.2) is 10.1 Å². The Bertz CT molecular complexity index is 1300. The average Bonchev–Trinajstić information content (AvgIpc) is 2.81. The number of rotatable bonds is 6. The summed E-state index contributed by atoms with van der Waals surface area (Å²) in [6.07, 6.45) is 1.53. The molecule has 7 nitrogen and oxygen atoms in total. The van der Waals surface area contributed by atoms with Crippen molar-refractivity contribution >= 4 is 22.9 Å². The van der Waals surface area contributed by atoms with Crippen LogP contribution in [0, 0.1) is 0 Å². The minimum absolute atomic E-state index is 0.138. The molecule has 1 N–H and O–H groups in total. The zero-order valence-electron chi connectivity index (χ0n) is 16.9. The van der Waals surface area contributed by atoms with Crippen LogP contribution >= 0.6 is 0 Å². The third-order valence-electron chi connectivity index (χ3n) is 4.68. The zero-order valence-corrected chi connectivity index (χ0v) is 16.9. The van der Waals surface area contributed by atoms with Crippen LogP contribution in [0.3, 0.4) is 0 Å². The van der Waals surface area contributed by atoms with Gasteiger partial charge in [-0.3, -0.25) is 9.59 Å². The van der Waals surface area contributed by atoms with E-state index >= 15 is 0 Å². The van der Waals surface area contributed by atoms with Crippen LogP contribution in [0.15, 0.2) is 88.8 Å². The van der Waals surface area contributed by atoms with Gasteiger partial charge in [0.2, 0.25) is 0 Å². The predicted octanol–water partition coefficient (Wildman–Crippen LogP) is 3.28. The maximum Gasteiger partial charge on any atom is 0.292 e. The summed E-state index contributed by atoms with van der Waals surface area (Å²) in [5, 5.41) is 9.01. The van der Waals surface area contributed by atoms with Crippen molar-refractivity contribution < 1.29 is 9.53 Å². The lowest BCUT2D eigenvalue weighted by Gasteiger charge is -2.07. The molecule has 0 saturated heterocycles. The van der Waals surface area contributed by atoms with Crippen molar-refractivity contribution in [3.63, 3.8) is 0 Å². The predicted molar refractivity (Wildman–Crippen MR) is 119 cm³/mol. The molecule has 0 saturated carbocycles. The first kappa shape index (κ1) is 20.0. The number of carbonyl (C=O) groups is 1. The van der Waals surface area contributed by atoms with E-state index in [0.717, 1.165) is 21.6 Å². The Morgan fingerprint density at radius 3 is 2.42 bits per heavy atom. The zero-order chi connectivity index (χ0) is 21.6. The number of nitrogens with one attached hydrogen (secondary N) is 1. The molecule has 0 fully saturated rings. The van der Waals surface area contributed by atoms with Gasteiger partial charge < -0.3 is 4.74 Å². The first-order chi connectivity index (χ1) is 15.1. The van der Waals surface area contributed by atoms with E-state index in [0.29, 0.717) is 17.4 Å². The number of hydrazone groups is 1. The van der Waals surface area contributed by atoms with E-state index in [1.165, 1.54) is 13.3 Å². The van der Waals surface area contributed by atoms with Crippen molar-refractivity contribution in [2.75, 3.05) is 0 Å². The monoisotopic (exact) mass is 412 g/mol.